The van der Waals surface area contributed by atoms with Crippen LogP contribution in [0.3, 0.4) is 0 Å². The lowest BCUT2D eigenvalue weighted by Gasteiger charge is -2.50. The molecule has 0 saturated carbocycles. The molecule has 2 aliphatic heterocycles. The second-order valence-corrected chi connectivity index (χ2v) is 6.84. The molecule has 7 heteroatoms. The Morgan fingerprint density at radius 3 is 2.45 bits per heavy atom. The summed E-state index contributed by atoms with van der Waals surface area (Å²) >= 11 is 0. The molecule has 0 aromatic heterocycles. The van der Waals surface area contributed by atoms with E-state index in [1.165, 1.54) is 4.90 Å². The van der Waals surface area contributed by atoms with E-state index in [0.717, 1.165) is 0 Å². The molecule has 22 heavy (non-hydrogen) atoms. The van der Waals surface area contributed by atoms with Crippen molar-refractivity contribution in [3.63, 3.8) is 0 Å². The van der Waals surface area contributed by atoms with E-state index in [0.29, 0.717) is 0 Å². The van der Waals surface area contributed by atoms with Gasteiger partial charge in [0.05, 0.1) is 31.8 Å². The Balaban J connectivity index is 2.14. The van der Waals surface area contributed by atoms with Gasteiger partial charge in [-0.2, -0.15) is 0 Å². The van der Waals surface area contributed by atoms with E-state index in [1.807, 2.05) is 0 Å². The third-order valence-corrected chi connectivity index (χ3v) is 3.74. The number of ether oxygens (including phenoxy) is 3. The summed E-state index contributed by atoms with van der Waals surface area (Å²) < 4.78 is 15.5. The number of amides is 1. The van der Waals surface area contributed by atoms with Crippen molar-refractivity contribution < 1.29 is 28.6 Å². The van der Waals surface area contributed by atoms with Gasteiger partial charge >= 0.3 is 12.1 Å². The van der Waals surface area contributed by atoms with Crippen molar-refractivity contribution in [1.29, 1.82) is 0 Å². The first kappa shape index (κ1) is 16.7. The molecule has 1 amide bonds. The molecule has 2 fully saturated rings. The number of likely N-dealkylation sites (tertiary alicyclic amines) is 1. The molecule has 0 N–H and O–H groups in total. The van der Waals surface area contributed by atoms with Crippen molar-refractivity contribution >= 4 is 17.8 Å². The maximum absolute atomic E-state index is 12.4. The fourth-order valence-corrected chi connectivity index (χ4v) is 2.83. The van der Waals surface area contributed by atoms with Gasteiger partial charge in [0, 0.05) is 6.54 Å². The van der Waals surface area contributed by atoms with Crippen LogP contribution in [0.1, 0.15) is 27.7 Å². The molecular weight excluding hydrogens is 290 g/mol. The molecule has 0 bridgehead atoms. The van der Waals surface area contributed by atoms with E-state index in [-0.39, 0.29) is 38.7 Å². The van der Waals surface area contributed by atoms with Crippen LogP contribution in [0.25, 0.3) is 0 Å². The Morgan fingerprint density at radius 1 is 1.36 bits per heavy atom. The molecule has 2 heterocycles. The molecule has 7 nitrogen and oxygen atoms in total. The number of rotatable bonds is 2. The molecule has 2 saturated heterocycles. The lowest BCUT2D eigenvalue weighted by Crippen LogP contribution is -2.65. The van der Waals surface area contributed by atoms with Gasteiger partial charge in [-0.15, -0.1) is 0 Å². The summed E-state index contributed by atoms with van der Waals surface area (Å²) in [6.45, 7) is 7.86. The van der Waals surface area contributed by atoms with Gasteiger partial charge in [0.1, 0.15) is 11.5 Å². The Bertz CT molecular complexity index is 477. The first-order valence-electron chi connectivity index (χ1n) is 7.43. The first-order chi connectivity index (χ1) is 10.2. The number of hydrogen-bond donors (Lipinski definition) is 0. The molecule has 2 aliphatic rings. The van der Waals surface area contributed by atoms with E-state index in [1.54, 1.807) is 27.7 Å². The highest BCUT2D eigenvalue weighted by atomic mass is 16.6. The molecule has 0 aromatic carbocycles. The number of esters is 1. The summed E-state index contributed by atoms with van der Waals surface area (Å²) in [5, 5.41) is 0. The molecular formula is C15H23NO6. The minimum Gasteiger partial charge on any atom is -0.465 e. The molecule has 0 aliphatic carbocycles. The number of carbonyl (C=O) groups is 3. The van der Waals surface area contributed by atoms with Crippen LogP contribution in [-0.2, 0) is 23.8 Å². The zero-order valence-corrected chi connectivity index (χ0v) is 13.5. The first-order valence-corrected chi connectivity index (χ1v) is 7.43. The topological polar surface area (TPSA) is 82.1 Å². The SMILES string of the molecule is CCOC(=O)C1C(=O)CN(C(=O)OC(C)(C)C)CC12COC2. The van der Waals surface area contributed by atoms with E-state index in [9.17, 15) is 14.4 Å². The van der Waals surface area contributed by atoms with Crippen molar-refractivity contribution in [1.82, 2.24) is 4.90 Å². The Morgan fingerprint density at radius 2 is 2.00 bits per heavy atom. The van der Waals surface area contributed by atoms with Crippen molar-refractivity contribution in [2.24, 2.45) is 11.3 Å². The average molecular weight is 313 g/mol. The van der Waals surface area contributed by atoms with E-state index in [4.69, 9.17) is 14.2 Å². The summed E-state index contributed by atoms with van der Waals surface area (Å²) in [5.41, 5.74) is -1.32. The van der Waals surface area contributed by atoms with Crippen molar-refractivity contribution in [3.05, 3.63) is 0 Å². The summed E-state index contributed by atoms with van der Waals surface area (Å²) in [4.78, 5) is 38.0. The normalized spacial score (nSPS) is 23.9. The molecule has 1 unspecified atom stereocenters. The average Bonchev–Trinajstić information content (AvgIpc) is 2.33. The van der Waals surface area contributed by atoms with Gasteiger partial charge in [-0.25, -0.2) is 4.79 Å². The van der Waals surface area contributed by atoms with E-state index in [2.05, 4.69) is 0 Å². The van der Waals surface area contributed by atoms with Crippen LogP contribution in [0, 0.1) is 11.3 Å². The van der Waals surface area contributed by atoms with E-state index < -0.39 is 29.0 Å². The van der Waals surface area contributed by atoms with Gasteiger partial charge in [-0.1, -0.05) is 0 Å². The Labute approximate surface area is 129 Å². The monoisotopic (exact) mass is 313 g/mol. The van der Waals surface area contributed by atoms with Crippen LogP contribution < -0.4 is 0 Å². The molecule has 0 aromatic rings. The van der Waals surface area contributed by atoms with Crippen LogP contribution in [0.2, 0.25) is 0 Å². The molecule has 1 spiro atoms. The zero-order chi connectivity index (χ0) is 16.5. The maximum atomic E-state index is 12.4. The van der Waals surface area contributed by atoms with Gasteiger partial charge in [0.2, 0.25) is 0 Å². The summed E-state index contributed by atoms with van der Waals surface area (Å²) in [5.74, 6) is -1.71. The highest BCUT2D eigenvalue weighted by Gasteiger charge is 2.58. The predicted molar refractivity (Wildman–Crippen MR) is 76.2 cm³/mol. The highest BCUT2D eigenvalue weighted by molar-refractivity contribution is 6.02. The van der Waals surface area contributed by atoms with Crippen LogP contribution in [0.15, 0.2) is 0 Å². The predicted octanol–water partition coefficient (Wildman–Crippen LogP) is 1.00. The zero-order valence-electron chi connectivity index (χ0n) is 13.5. The number of Topliss-reactive ketones (excluding diaryl/α,β-unsaturated/α-hetero) is 1. The fraction of sp³-hybridized carbons (Fsp3) is 0.800. The summed E-state index contributed by atoms with van der Waals surface area (Å²) in [6, 6.07) is 0. The molecule has 124 valence electrons. The highest BCUT2D eigenvalue weighted by Crippen LogP contribution is 2.41. The lowest BCUT2D eigenvalue weighted by molar-refractivity contribution is -0.194. The quantitative estimate of drug-likeness (QED) is 0.559. The van der Waals surface area contributed by atoms with Crippen molar-refractivity contribution in [3.8, 4) is 0 Å². The maximum Gasteiger partial charge on any atom is 0.410 e. The minimum atomic E-state index is -0.861. The third-order valence-electron chi connectivity index (χ3n) is 3.74. The van der Waals surface area contributed by atoms with Crippen LogP contribution in [0.4, 0.5) is 4.79 Å². The molecule has 1 atom stereocenters. The summed E-state index contributed by atoms with van der Waals surface area (Å²) in [7, 11) is 0. The van der Waals surface area contributed by atoms with Gasteiger partial charge < -0.3 is 19.1 Å². The summed E-state index contributed by atoms with van der Waals surface area (Å²) in [6.07, 6.45) is -0.547. The number of nitrogens with zero attached hydrogens (tertiary/aromatic N) is 1. The number of piperidine rings is 1. The van der Waals surface area contributed by atoms with Gasteiger partial charge in [-0.05, 0) is 27.7 Å². The number of ketones is 1. The standard InChI is InChI=1S/C15H23NO6/c1-5-21-12(18)11-10(17)6-16(7-15(11)8-20-9-15)13(19)22-14(2,3)4/h11H,5-9H2,1-4H3. The second-order valence-electron chi connectivity index (χ2n) is 6.84. The van der Waals surface area contributed by atoms with Crippen LogP contribution in [0.5, 0.6) is 0 Å². The molecule has 0 radical (unpaired) electrons. The van der Waals surface area contributed by atoms with Crippen LogP contribution in [-0.4, -0.2) is 61.3 Å². The van der Waals surface area contributed by atoms with Gasteiger partial charge in [0.25, 0.3) is 0 Å². The molecule has 2 rings (SSSR count). The Hall–Kier alpha value is -1.63. The second kappa shape index (κ2) is 5.87. The third kappa shape index (κ3) is 3.24. The van der Waals surface area contributed by atoms with E-state index >= 15 is 0 Å². The smallest absolute Gasteiger partial charge is 0.410 e. The van der Waals surface area contributed by atoms with Gasteiger partial charge in [-0.3, -0.25) is 9.59 Å². The number of hydrogen-bond acceptors (Lipinski definition) is 6. The minimum absolute atomic E-state index is 0.139. The fourth-order valence-electron chi connectivity index (χ4n) is 2.83. The number of carbonyl (C=O) groups excluding carboxylic acids is 3. The van der Waals surface area contributed by atoms with Gasteiger partial charge in [0.15, 0.2) is 5.78 Å². The van der Waals surface area contributed by atoms with Crippen molar-refractivity contribution in [2.75, 3.05) is 32.9 Å². The Kier molecular flexibility index (Phi) is 4.47. The largest absolute Gasteiger partial charge is 0.465 e. The lowest BCUT2D eigenvalue weighted by atomic mass is 9.68. The van der Waals surface area contributed by atoms with Crippen LogP contribution >= 0.6 is 0 Å². The van der Waals surface area contributed by atoms with Crippen molar-refractivity contribution in [2.45, 2.75) is 33.3 Å².